The van der Waals surface area contributed by atoms with Crippen molar-refractivity contribution < 1.29 is 14.8 Å². The van der Waals surface area contributed by atoms with E-state index in [9.17, 15) is 4.79 Å². The summed E-state index contributed by atoms with van der Waals surface area (Å²) in [6.07, 6.45) is 3.57. The first-order valence-electron chi connectivity index (χ1n) is 11.7. The van der Waals surface area contributed by atoms with Crippen molar-refractivity contribution in [2.24, 2.45) is 0 Å². The molecule has 4 aromatic rings. The molecule has 1 aliphatic heterocycles. The smallest absolute Gasteiger partial charge is 0.288 e. The number of pyridine rings is 1. The Hall–Kier alpha value is -3.43. The zero-order chi connectivity index (χ0) is 24.0. The van der Waals surface area contributed by atoms with E-state index in [0.717, 1.165) is 66.2 Å². The summed E-state index contributed by atoms with van der Waals surface area (Å²) in [4.78, 5) is 24.1. The van der Waals surface area contributed by atoms with Crippen molar-refractivity contribution >= 4 is 33.8 Å². The van der Waals surface area contributed by atoms with E-state index in [2.05, 4.69) is 27.4 Å². The number of aryl methyl sites for hydroxylation is 1. The van der Waals surface area contributed by atoms with Gasteiger partial charge in [0.25, 0.3) is 11.0 Å². The molecule has 0 atom stereocenters. The van der Waals surface area contributed by atoms with Crippen molar-refractivity contribution in [2.45, 2.75) is 13.5 Å². The normalized spacial score (nSPS) is 14.1. The second kappa shape index (κ2) is 10.9. The number of thiazole rings is 1. The van der Waals surface area contributed by atoms with E-state index in [-0.39, 0.29) is 5.91 Å². The number of hydrogen-bond donors (Lipinski definition) is 2. The van der Waals surface area contributed by atoms with Gasteiger partial charge >= 0.3 is 0 Å². The third kappa shape index (κ3) is 5.98. The molecular formula is C27H28N5O2S+. The minimum atomic E-state index is -0.120. The van der Waals surface area contributed by atoms with Crippen LogP contribution in [0.1, 0.15) is 21.5 Å². The standard InChI is InChI=1S/C27H27N5O2S/c1-19-4-9-23(15-24(19)30-27-31-25(18-35-27)22-3-2-10-28-16-22)29-26(33)21-7-5-20(6-8-21)17-32-11-13-34-14-12-32/h2-10,15-16,18H,11-14,17H2,1H3,(H,29,33)(H,30,31)/p+1. The van der Waals surface area contributed by atoms with Crippen LogP contribution in [0.5, 0.6) is 0 Å². The van der Waals surface area contributed by atoms with Crippen molar-refractivity contribution in [1.82, 2.24) is 14.9 Å². The monoisotopic (exact) mass is 486 g/mol. The van der Waals surface area contributed by atoms with Gasteiger partial charge in [-0.25, -0.2) is 0 Å². The summed E-state index contributed by atoms with van der Waals surface area (Å²) in [5, 5.41) is 8.03. The number of quaternary nitrogens is 1. The van der Waals surface area contributed by atoms with Gasteiger partial charge in [-0.2, -0.15) is 4.98 Å². The lowest BCUT2D eigenvalue weighted by molar-refractivity contribution is -0.478. The van der Waals surface area contributed by atoms with E-state index in [4.69, 9.17) is 9.72 Å². The summed E-state index contributed by atoms with van der Waals surface area (Å²) in [5.41, 5.74) is 6.65. The highest BCUT2D eigenvalue weighted by atomic mass is 32.1. The highest BCUT2D eigenvalue weighted by Crippen LogP contribution is 2.24. The van der Waals surface area contributed by atoms with Gasteiger partial charge in [0, 0.05) is 65.9 Å². The number of nitrogens with zero attached hydrogens (tertiary/aromatic N) is 3. The number of carbonyl (C=O) groups excluding carboxylic acids is 1. The number of anilines is 1. The maximum atomic E-state index is 12.9. The van der Waals surface area contributed by atoms with E-state index in [1.54, 1.807) is 17.5 Å². The third-order valence-corrected chi connectivity index (χ3v) is 6.81. The Morgan fingerprint density at radius 2 is 1.97 bits per heavy atom. The molecule has 0 spiro atoms. The van der Waals surface area contributed by atoms with Gasteiger partial charge in [-0.05, 0) is 42.8 Å². The Morgan fingerprint density at radius 3 is 2.74 bits per heavy atom. The number of aromatic nitrogens is 2. The van der Waals surface area contributed by atoms with Crippen molar-refractivity contribution in [3.05, 3.63) is 89.1 Å². The van der Waals surface area contributed by atoms with Crippen LogP contribution in [0.3, 0.4) is 0 Å². The van der Waals surface area contributed by atoms with Crippen LogP contribution in [0.2, 0.25) is 0 Å². The summed E-state index contributed by atoms with van der Waals surface area (Å²) in [7, 11) is 0. The number of carbonyl (C=O) groups is 1. The quantitative estimate of drug-likeness (QED) is 0.384. The van der Waals surface area contributed by atoms with Gasteiger partial charge < -0.3 is 10.1 Å². The number of benzene rings is 2. The lowest BCUT2D eigenvalue weighted by atomic mass is 10.1. The molecule has 178 valence electrons. The maximum Gasteiger partial charge on any atom is 0.288 e. The Kier molecular flexibility index (Phi) is 7.25. The molecule has 7 nitrogen and oxygen atoms in total. The summed E-state index contributed by atoms with van der Waals surface area (Å²) in [6.45, 7) is 6.39. The van der Waals surface area contributed by atoms with Gasteiger partial charge in [0.15, 0.2) is 0 Å². The van der Waals surface area contributed by atoms with E-state index in [1.165, 1.54) is 5.56 Å². The maximum absolute atomic E-state index is 12.9. The lowest BCUT2D eigenvalue weighted by Gasteiger charge is -2.26. The molecule has 1 aliphatic rings. The molecule has 8 heteroatoms. The minimum Gasteiger partial charge on any atom is -0.379 e. The Morgan fingerprint density at radius 1 is 1.14 bits per heavy atom. The average Bonchev–Trinajstić information content (AvgIpc) is 3.36. The minimum absolute atomic E-state index is 0.120. The van der Waals surface area contributed by atoms with Gasteiger partial charge in [-0.1, -0.05) is 29.5 Å². The fraction of sp³-hybridized carbons (Fsp3) is 0.222. The van der Waals surface area contributed by atoms with Crippen LogP contribution < -0.4 is 10.6 Å². The zero-order valence-electron chi connectivity index (χ0n) is 19.6. The number of nitrogens with one attached hydrogen (secondary N) is 1. The van der Waals surface area contributed by atoms with Crippen LogP contribution in [0, 0.1) is 6.92 Å². The summed E-state index contributed by atoms with van der Waals surface area (Å²) in [5.74, 6) is -0.120. The number of morpholine rings is 1. The van der Waals surface area contributed by atoms with Crippen molar-refractivity contribution in [3.8, 4) is 11.3 Å². The predicted octanol–water partition coefficient (Wildman–Crippen LogP) is 4.12. The fourth-order valence-electron chi connectivity index (χ4n) is 3.99. The molecule has 2 aromatic heterocycles. The largest absolute Gasteiger partial charge is 0.379 e. The van der Waals surface area contributed by atoms with Crippen LogP contribution in [-0.2, 0) is 11.3 Å². The highest BCUT2D eigenvalue weighted by Gasteiger charge is 2.14. The second-order valence-corrected chi connectivity index (χ2v) is 9.46. The van der Waals surface area contributed by atoms with Crippen LogP contribution in [0.15, 0.2) is 72.4 Å². The molecule has 3 N–H and O–H groups in total. The molecule has 2 aromatic carbocycles. The Bertz CT molecular complexity index is 1280. The van der Waals surface area contributed by atoms with Gasteiger partial charge in [-0.3, -0.25) is 20.0 Å². The van der Waals surface area contributed by atoms with Gasteiger partial charge in [-0.15, -0.1) is 0 Å². The molecule has 1 fully saturated rings. The zero-order valence-corrected chi connectivity index (χ0v) is 20.4. The third-order valence-electron chi connectivity index (χ3n) is 6.02. The van der Waals surface area contributed by atoms with Crippen LogP contribution in [-0.4, -0.2) is 47.1 Å². The highest BCUT2D eigenvalue weighted by molar-refractivity contribution is 7.13. The van der Waals surface area contributed by atoms with Crippen LogP contribution in [0.25, 0.3) is 11.3 Å². The number of hydrogen-bond acceptors (Lipinski definition) is 6. The summed E-state index contributed by atoms with van der Waals surface area (Å²) >= 11 is 1.59. The molecule has 0 aliphatic carbocycles. The lowest BCUT2D eigenvalue weighted by Crippen LogP contribution is -2.71. The number of nitrogens with two attached hydrogens (primary N) is 1. The number of ether oxygens (including phenoxy) is 1. The van der Waals surface area contributed by atoms with Crippen LogP contribution >= 0.6 is 11.3 Å². The molecule has 35 heavy (non-hydrogen) atoms. The van der Waals surface area contributed by atoms with Crippen molar-refractivity contribution in [1.29, 1.82) is 0 Å². The van der Waals surface area contributed by atoms with Crippen LogP contribution in [0.4, 0.5) is 16.5 Å². The van der Waals surface area contributed by atoms with Gasteiger partial charge in [0.05, 0.1) is 18.9 Å². The van der Waals surface area contributed by atoms with Crippen molar-refractivity contribution in [2.75, 3.05) is 31.6 Å². The number of amides is 1. The molecule has 1 amide bonds. The molecule has 0 radical (unpaired) electrons. The molecule has 1 saturated heterocycles. The average molecular weight is 487 g/mol. The van der Waals surface area contributed by atoms with E-state index < -0.39 is 0 Å². The van der Waals surface area contributed by atoms with E-state index in [0.29, 0.717) is 5.56 Å². The fourth-order valence-corrected chi connectivity index (χ4v) is 4.76. The Balaban J connectivity index is 1.23. The first-order valence-corrected chi connectivity index (χ1v) is 12.5. The molecule has 3 heterocycles. The van der Waals surface area contributed by atoms with Gasteiger partial charge in [0.2, 0.25) is 0 Å². The Labute approximate surface area is 208 Å². The SMILES string of the molecule is Cc1ccc(NC(=O)c2ccc(CN3CCOCC3)cc2)cc1[NH2+]c1nc(-c2cccnc2)cs1. The van der Waals surface area contributed by atoms with E-state index >= 15 is 0 Å². The number of rotatable bonds is 7. The second-order valence-electron chi connectivity index (χ2n) is 8.57. The molecule has 5 rings (SSSR count). The summed E-state index contributed by atoms with van der Waals surface area (Å²) < 4.78 is 5.41. The molecule has 0 bridgehead atoms. The van der Waals surface area contributed by atoms with E-state index in [1.807, 2.05) is 66.2 Å². The predicted molar refractivity (Wildman–Crippen MR) is 138 cm³/mol. The summed E-state index contributed by atoms with van der Waals surface area (Å²) in [6, 6.07) is 17.7. The topological polar surface area (TPSA) is 84.0 Å². The van der Waals surface area contributed by atoms with Gasteiger partial charge in [0.1, 0.15) is 5.69 Å². The molecule has 0 unspecified atom stereocenters. The molecular weight excluding hydrogens is 458 g/mol. The first-order chi connectivity index (χ1) is 17.1. The van der Waals surface area contributed by atoms with Crippen molar-refractivity contribution in [3.63, 3.8) is 0 Å². The first kappa shape index (κ1) is 23.3. The molecule has 0 saturated carbocycles.